The quantitative estimate of drug-likeness (QED) is 0.883. The van der Waals surface area contributed by atoms with Crippen molar-refractivity contribution in [2.45, 2.75) is 32.7 Å². The summed E-state index contributed by atoms with van der Waals surface area (Å²) in [5.74, 6) is -0.860. The largest absolute Gasteiger partial charge is 0.351 e. The fraction of sp³-hybridized carbons (Fsp3) is 0.316. The molecular weight excluding hydrogens is 304 g/mol. The number of carbonyl (C=O) groups excluding carboxylic acids is 3. The fourth-order valence-corrected chi connectivity index (χ4v) is 2.98. The molecule has 3 rings (SSSR count). The second kappa shape index (κ2) is 5.74. The van der Waals surface area contributed by atoms with Crippen LogP contribution in [0.5, 0.6) is 0 Å². The summed E-state index contributed by atoms with van der Waals surface area (Å²) in [7, 11) is 0. The Morgan fingerprint density at radius 1 is 1.00 bits per heavy atom. The van der Waals surface area contributed by atoms with Gasteiger partial charge in [0.25, 0.3) is 11.8 Å². The van der Waals surface area contributed by atoms with Crippen LogP contribution < -0.4 is 5.32 Å². The van der Waals surface area contributed by atoms with Gasteiger partial charge in [0, 0.05) is 35.0 Å². The lowest BCUT2D eigenvalue weighted by molar-refractivity contribution is -0.122. The van der Waals surface area contributed by atoms with E-state index in [1.54, 1.807) is 24.3 Å². The van der Waals surface area contributed by atoms with Gasteiger partial charge in [-0.2, -0.15) is 0 Å². The first kappa shape index (κ1) is 16.2. The SMILES string of the molecule is CC(C)(C)NC(=O)CCN1C(=O)c2cccc3cccc(c23)C1=O. The van der Waals surface area contributed by atoms with Gasteiger partial charge in [0.05, 0.1) is 0 Å². The number of amides is 3. The molecular formula is C19H20N2O3. The average Bonchev–Trinajstić information content (AvgIpc) is 2.50. The zero-order chi connectivity index (χ0) is 17.5. The van der Waals surface area contributed by atoms with E-state index in [0.717, 1.165) is 5.39 Å². The van der Waals surface area contributed by atoms with Crippen molar-refractivity contribution >= 4 is 28.5 Å². The molecule has 0 aromatic heterocycles. The third-order valence-corrected chi connectivity index (χ3v) is 3.93. The van der Waals surface area contributed by atoms with Crippen molar-refractivity contribution in [1.29, 1.82) is 0 Å². The minimum Gasteiger partial charge on any atom is -0.351 e. The van der Waals surface area contributed by atoms with Gasteiger partial charge >= 0.3 is 0 Å². The lowest BCUT2D eigenvalue weighted by Crippen LogP contribution is -2.45. The summed E-state index contributed by atoms with van der Waals surface area (Å²) in [6, 6.07) is 10.8. The number of nitrogens with zero attached hydrogens (tertiary/aromatic N) is 1. The molecule has 3 amide bonds. The predicted octanol–water partition coefficient (Wildman–Crippen LogP) is 2.74. The number of imide groups is 1. The van der Waals surface area contributed by atoms with Gasteiger partial charge < -0.3 is 5.32 Å². The van der Waals surface area contributed by atoms with Gasteiger partial charge in [-0.15, -0.1) is 0 Å². The maximum absolute atomic E-state index is 12.7. The number of carbonyl (C=O) groups is 3. The second-order valence-electron chi connectivity index (χ2n) is 7.02. The van der Waals surface area contributed by atoms with Crippen LogP contribution in [-0.4, -0.2) is 34.7 Å². The van der Waals surface area contributed by atoms with Crippen molar-refractivity contribution in [3.8, 4) is 0 Å². The molecule has 0 radical (unpaired) electrons. The number of nitrogens with one attached hydrogen (secondary N) is 1. The van der Waals surface area contributed by atoms with Crippen LogP contribution in [-0.2, 0) is 4.79 Å². The number of hydrogen-bond donors (Lipinski definition) is 1. The lowest BCUT2D eigenvalue weighted by atomic mass is 9.94. The monoisotopic (exact) mass is 324 g/mol. The minimum atomic E-state index is -0.342. The number of hydrogen-bond acceptors (Lipinski definition) is 3. The zero-order valence-electron chi connectivity index (χ0n) is 14.1. The van der Waals surface area contributed by atoms with Crippen LogP contribution in [0.25, 0.3) is 10.8 Å². The number of benzene rings is 2. The topological polar surface area (TPSA) is 66.5 Å². The van der Waals surface area contributed by atoms with Crippen LogP contribution in [0.4, 0.5) is 0 Å². The Morgan fingerprint density at radius 2 is 1.54 bits per heavy atom. The van der Waals surface area contributed by atoms with E-state index in [1.807, 2.05) is 32.9 Å². The molecule has 0 saturated carbocycles. The molecule has 1 aliphatic heterocycles. The second-order valence-corrected chi connectivity index (χ2v) is 7.02. The van der Waals surface area contributed by atoms with E-state index in [4.69, 9.17) is 0 Å². The van der Waals surface area contributed by atoms with Crippen LogP contribution >= 0.6 is 0 Å². The maximum Gasteiger partial charge on any atom is 0.261 e. The Bertz CT molecular complexity index is 799. The molecule has 2 aromatic carbocycles. The zero-order valence-corrected chi connectivity index (χ0v) is 14.1. The Morgan fingerprint density at radius 3 is 2.04 bits per heavy atom. The van der Waals surface area contributed by atoms with Gasteiger partial charge in [-0.05, 0) is 38.3 Å². The molecule has 0 atom stereocenters. The molecule has 0 fully saturated rings. The highest BCUT2D eigenvalue weighted by Crippen LogP contribution is 2.29. The standard InChI is InChI=1S/C19H20N2O3/c1-19(2,3)20-15(22)10-11-21-17(23)13-8-4-6-12-7-5-9-14(16(12)13)18(21)24/h4-9H,10-11H2,1-3H3,(H,20,22). The Balaban J connectivity index is 1.86. The average molecular weight is 324 g/mol. The molecule has 124 valence electrons. The third kappa shape index (κ3) is 2.89. The molecule has 1 heterocycles. The first-order valence-electron chi connectivity index (χ1n) is 7.97. The van der Waals surface area contributed by atoms with Crippen LogP contribution in [0.3, 0.4) is 0 Å². The molecule has 1 aliphatic rings. The first-order valence-corrected chi connectivity index (χ1v) is 7.97. The molecule has 0 saturated heterocycles. The van der Waals surface area contributed by atoms with Crippen LogP contribution in [0.2, 0.25) is 0 Å². The Hall–Kier alpha value is -2.69. The highest BCUT2D eigenvalue weighted by Gasteiger charge is 2.32. The molecule has 0 spiro atoms. The summed E-state index contributed by atoms with van der Waals surface area (Å²) in [5.41, 5.74) is 0.684. The van der Waals surface area contributed by atoms with Gasteiger partial charge in [0.1, 0.15) is 0 Å². The van der Waals surface area contributed by atoms with Crippen molar-refractivity contribution in [2.24, 2.45) is 0 Å². The molecule has 0 unspecified atom stereocenters. The van der Waals surface area contributed by atoms with Gasteiger partial charge in [-0.1, -0.05) is 24.3 Å². The maximum atomic E-state index is 12.7. The molecule has 0 aliphatic carbocycles. The number of rotatable bonds is 3. The van der Waals surface area contributed by atoms with Crippen molar-refractivity contribution in [3.05, 3.63) is 47.5 Å². The normalized spacial score (nSPS) is 14.2. The van der Waals surface area contributed by atoms with Crippen LogP contribution in [0.15, 0.2) is 36.4 Å². The van der Waals surface area contributed by atoms with E-state index in [1.165, 1.54) is 4.90 Å². The summed E-state index contributed by atoms with van der Waals surface area (Å²) in [5, 5.41) is 4.41. The Labute approximate surface area is 140 Å². The highest BCUT2D eigenvalue weighted by atomic mass is 16.2. The summed E-state index contributed by atoms with van der Waals surface area (Å²) >= 11 is 0. The van der Waals surface area contributed by atoms with Gasteiger partial charge in [-0.3, -0.25) is 19.3 Å². The molecule has 24 heavy (non-hydrogen) atoms. The van der Waals surface area contributed by atoms with E-state index in [-0.39, 0.29) is 36.2 Å². The van der Waals surface area contributed by atoms with Crippen molar-refractivity contribution in [1.82, 2.24) is 10.2 Å². The van der Waals surface area contributed by atoms with Gasteiger partial charge in [-0.25, -0.2) is 0 Å². The van der Waals surface area contributed by atoms with Gasteiger partial charge in [0.2, 0.25) is 5.91 Å². The van der Waals surface area contributed by atoms with E-state index in [0.29, 0.717) is 16.5 Å². The van der Waals surface area contributed by atoms with Gasteiger partial charge in [0.15, 0.2) is 0 Å². The van der Waals surface area contributed by atoms with E-state index < -0.39 is 0 Å². The first-order chi connectivity index (χ1) is 11.3. The van der Waals surface area contributed by atoms with Crippen molar-refractivity contribution in [3.63, 3.8) is 0 Å². The van der Waals surface area contributed by atoms with E-state index in [2.05, 4.69) is 5.32 Å². The van der Waals surface area contributed by atoms with Crippen molar-refractivity contribution < 1.29 is 14.4 Å². The molecule has 0 bridgehead atoms. The molecule has 1 N–H and O–H groups in total. The molecule has 5 heteroatoms. The minimum absolute atomic E-state index is 0.0737. The Kier molecular flexibility index (Phi) is 3.87. The predicted molar refractivity (Wildman–Crippen MR) is 91.8 cm³/mol. The molecule has 2 aromatic rings. The van der Waals surface area contributed by atoms with Crippen LogP contribution in [0, 0.1) is 0 Å². The molecule has 5 nitrogen and oxygen atoms in total. The summed E-state index contributed by atoms with van der Waals surface area (Å²) in [6.07, 6.45) is 0.0902. The van der Waals surface area contributed by atoms with E-state index >= 15 is 0 Å². The highest BCUT2D eigenvalue weighted by molar-refractivity contribution is 6.25. The summed E-state index contributed by atoms with van der Waals surface area (Å²) in [6.45, 7) is 5.74. The fourth-order valence-electron chi connectivity index (χ4n) is 2.98. The summed E-state index contributed by atoms with van der Waals surface area (Å²) in [4.78, 5) is 38.5. The third-order valence-electron chi connectivity index (χ3n) is 3.93. The smallest absolute Gasteiger partial charge is 0.261 e. The van der Waals surface area contributed by atoms with Crippen molar-refractivity contribution in [2.75, 3.05) is 6.54 Å². The van der Waals surface area contributed by atoms with Crippen LogP contribution in [0.1, 0.15) is 47.9 Å². The summed E-state index contributed by atoms with van der Waals surface area (Å²) < 4.78 is 0. The van der Waals surface area contributed by atoms with E-state index in [9.17, 15) is 14.4 Å². The lowest BCUT2D eigenvalue weighted by Gasteiger charge is -2.27.